The normalized spacial score (nSPS) is 14.5. The average Bonchev–Trinajstić information content (AvgIpc) is 3.23. The molecule has 1 fully saturated rings. The lowest BCUT2D eigenvalue weighted by Crippen LogP contribution is -2.41. The van der Waals surface area contributed by atoms with E-state index in [1.54, 1.807) is 17.3 Å². The minimum Gasteiger partial charge on any atom is -0.378 e. The van der Waals surface area contributed by atoms with Gasteiger partial charge in [-0.25, -0.2) is 9.97 Å². The number of carbonyl (C=O) groups is 1. The minimum absolute atomic E-state index is 0.0442. The molecule has 4 heterocycles. The van der Waals surface area contributed by atoms with Crippen LogP contribution in [-0.4, -0.2) is 56.5 Å². The van der Waals surface area contributed by atoms with Crippen LogP contribution in [-0.2, 0) is 16.0 Å². The first-order valence-electron chi connectivity index (χ1n) is 9.91. The van der Waals surface area contributed by atoms with Gasteiger partial charge in [0.15, 0.2) is 5.82 Å². The molecule has 0 radical (unpaired) electrons. The molecule has 1 amide bonds. The summed E-state index contributed by atoms with van der Waals surface area (Å²) in [5, 5.41) is 0.479. The standard InChI is InChI=1S/C22H21N5O3/c1-14-9-15(11-19(28)26-5-7-30-8-6-26)10-17-20(14)24-21(25-22(17)29)18-12-16-3-2-4-27(16)13-23-18/h2-4,9-10,12-13H,5-8,11H2,1H3,(H,24,25,29). The third-order valence-electron chi connectivity index (χ3n) is 5.44. The zero-order valence-electron chi connectivity index (χ0n) is 16.6. The molecule has 152 valence electrons. The van der Waals surface area contributed by atoms with Crippen LogP contribution in [0.5, 0.6) is 0 Å². The first kappa shape index (κ1) is 18.5. The number of ether oxygens (including phenoxy) is 1. The Morgan fingerprint density at radius 3 is 2.90 bits per heavy atom. The third-order valence-corrected chi connectivity index (χ3v) is 5.44. The molecule has 1 saturated heterocycles. The predicted molar refractivity (Wildman–Crippen MR) is 112 cm³/mol. The van der Waals surface area contributed by atoms with E-state index in [-0.39, 0.29) is 17.9 Å². The van der Waals surface area contributed by atoms with Crippen LogP contribution in [0.3, 0.4) is 0 Å². The topological polar surface area (TPSA) is 92.6 Å². The highest BCUT2D eigenvalue weighted by Gasteiger charge is 2.18. The lowest BCUT2D eigenvalue weighted by Gasteiger charge is -2.27. The smallest absolute Gasteiger partial charge is 0.259 e. The first-order valence-corrected chi connectivity index (χ1v) is 9.91. The van der Waals surface area contributed by atoms with Gasteiger partial charge < -0.3 is 19.0 Å². The fraction of sp³-hybridized carbons (Fsp3) is 0.273. The Hall–Kier alpha value is -3.52. The fourth-order valence-electron chi connectivity index (χ4n) is 3.88. The molecule has 8 heteroatoms. The van der Waals surface area contributed by atoms with Crippen LogP contribution >= 0.6 is 0 Å². The molecular formula is C22H21N5O3. The molecule has 3 aromatic heterocycles. The maximum atomic E-state index is 12.8. The number of aromatic nitrogens is 4. The number of carbonyl (C=O) groups excluding carboxylic acids is 1. The van der Waals surface area contributed by atoms with Crippen LogP contribution in [0.4, 0.5) is 0 Å². The summed E-state index contributed by atoms with van der Waals surface area (Å²) in [5.41, 5.74) is 3.62. The number of morpholine rings is 1. The lowest BCUT2D eigenvalue weighted by molar-refractivity contribution is -0.134. The van der Waals surface area contributed by atoms with E-state index in [2.05, 4.69) is 15.0 Å². The summed E-state index contributed by atoms with van der Waals surface area (Å²) in [5.74, 6) is 0.471. The number of fused-ring (bicyclic) bond motifs is 2. The van der Waals surface area contributed by atoms with Crippen LogP contribution < -0.4 is 5.56 Å². The highest BCUT2D eigenvalue weighted by atomic mass is 16.5. The summed E-state index contributed by atoms with van der Waals surface area (Å²) < 4.78 is 7.20. The van der Waals surface area contributed by atoms with Crippen LogP contribution in [0.1, 0.15) is 11.1 Å². The molecule has 1 aliphatic heterocycles. The van der Waals surface area contributed by atoms with Gasteiger partial charge in [-0.3, -0.25) is 9.59 Å². The largest absolute Gasteiger partial charge is 0.378 e. The monoisotopic (exact) mass is 403 g/mol. The van der Waals surface area contributed by atoms with Crippen molar-refractivity contribution in [1.29, 1.82) is 0 Å². The summed E-state index contributed by atoms with van der Waals surface area (Å²) in [4.78, 5) is 39.1. The van der Waals surface area contributed by atoms with Crippen molar-refractivity contribution in [1.82, 2.24) is 24.3 Å². The number of rotatable bonds is 3. The summed E-state index contributed by atoms with van der Waals surface area (Å²) in [6, 6.07) is 9.48. The number of nitrogens with one attached hydrogen (secondary N) is 1. The summed E-state index contributed by atoms with van der Waals surface area (Å²) >= 11 is 0. The Bertz CT molecular complexity index is 1320. The molecule has 5 rings (SSSR count). The van der Waals surface area contributed by atoms with E-state index in [1.807, 2.05) is 41.8 Å². The van der Waals surface area contributed by atoms with Crippen LogP contribution in [0, 0.1) is 6.92 Å². The van der Waals surface area contributed by atoms with Gasteiger partial charge in [0, 0.05) is 24.8 Å². The Kier molecular flexibility index (Phi) is 4.55. The molecule has 4 aromatic rings. The fourth-order valence-corrected chi connectivity index (χ4v) is 3.88. The number of H-pyrrole nitrogens is 1. The van der Waals surface area contributed by atoms with Gasteiger partial charge in [-0.1, -0.05) is 6.07 Å². The quantitative estimate of drug-likeness (QED) is 0.564. The number of hydrogen-bond acceptors (Lipinski definition) is 5. The number of aromatic amines is 1. The Labute approximate surface area is 172 Å². The number of benzene rings is 1. The molecule has 8 nitrogen and oxygen atoms in total. The Morgan fingerprint density at radius 1 is 1.23 bits per heavy atom. The van der Waals surface area contributed by atoms with Crippen molar-refractivity contribution in [2.75, 3.05) is 26.3 Å². The minimum atomic E-state index is -0.240. The molecule has 1 aliphatic rings. The van der Waals surface area contributed by atoms with Gasteiger partial charge in [0.05, 0.1) is 36.9 Å². The van der Waals surface area contributed by atoms with Crippen molar-refractivity contribution in [3.63, 3.8) is 0 Å². The summed E-state index contributed by atoms with van der Waals surface area (Å²) in [6.07, 6.45) is 3.86. The number of aryl methyl sites for hydroxylation is 1. The Morgan fingerprint density at radius 2 is 2.07 bits per heavy atom. The van der Waals surface area contributed by atoms with Crippen molar-refractivity contribution < 1.29 is 9.53 Å². The molecule has 0 spiro atoms. The van der Waals surface area contributed by atoms with Crippen molar-refractivity contribution in [3.8, 4) is 11.5 Å². The van der Waals surface area contributed by atoms with E-state index in [1.165, 1.54) is 0 Å². The molecule has 30 heavy (non-hydrogen) atoms. The molecule has 0 atom stereocenters. The van der Waals surface area contributed by atoms with E-state index in [0.717, 1.165) is 16.6 Å². The van der Waals surface area contributed by atoms with Gasteiger partial charge in [-0.2, -0.15) is 0 Å². The second-order valence-corrected chi connectivity index (χ2v) is 7.51. The number of hydrogen-bond donors (Lipinski definition) is 1. The van der Waals surface area contributed by atoms with E-state index in [4.69, 9.17) is 4.74 Å². The van der Waals surface area contributed by atoms with Crippen LogP contribution in [0.2, 0.25) is 0 Å². The van der Waals surface area contributed by atoms with Gasteiger partial charge in [-0.05, 0) is 42.3 Å². The predicted octanol–water partition coefficient (Wildman–Crippen LogP) is 1.95. The highest BCUT2D eigenvalue weighted by molar-refractivity contribution is 5.85. The first-order chi connectivity index (χ1) is 14.6. The maximum Gasteiger partial charge on any atom is 0.259 e. The van der Waals surface area contributed by atoms with Gasteiger partial charge >= 0.3 is 0 Å². The lowest BCUT2D eigenvalue weighted by atomic mass is 10.0. The van der Waals surface area contributed by atoms with Gasteiger partial charge in [0.1, 0.15) is 5.69 Å². The molecule has 0 aliphatic carbocycles. The van der Waals surface area contributed by atoms with E-state index in [0.29, 0.717) is 48.7 Å². The van der Waals surface area contributed by atoms with E-state index >= 15 is 0 Å². The number of amides is 1. The third kappa shape index (κ3) is 3.35. The summed E-state index contributed by atoms with van der Waals surface area (Å²) in [7, 11) is 0. The average molecular weight is 403 g/mol. The maximum absolute atomic E-state index is 12.8. The second-order valence-electron chi connectivity index (χ2n) is 7.51. The van der Waals surface area contributed by atoms with E-state index < -0.39 is 0 Å². The van der Waals surface area contributed by atoms with Crippen molar-refractivity contribution in [3.05, 3.63) is 64.3 Å². The van der Waals surface area contributed by atoms with Gasteiger partial charge in [0.2, 0.25) is 5.91 Å². The van der Waals surface area contributed by atoms with Gasteiger partial charge in [0.25, 0.3) is 5.56 Å². The molecule has 0 saturated carbocycles. The zero-order chi connectivity index (χ0) is 20.7. The van der Waals surface area contributed by atoms with Gasteiger partial charge in [-0.15, -0.1) is 0 Å². The molecule has 0 bridgehead atoms. The number of nitrogens with zero attached hydrogens (tertiary/aromatic N) is 4. The summed E-state index contributed by atoms with van der Waals surface area (Å²) in [6.45, 7) is 4.26. The zero-order valence-corrected chi connectivity index (χ0v) is 16.6. The molecular weight excluding hydrogens is 382 g/mol. The van der Waals surface area contributed by atoms with Crippen molar-refractivity contribution >= 4 is 22.3 Å². The second kappa shape index (κ2) is 7.38. The molecule has 0 unspecified atom stereocenters. The van der Waals surface area contributed by atoms with Crippen LogP contribution in [0.25, 0.3) is 27.9 Å². The van der Waals surface area contributed by atoms with Crippen molar-refractivity contribution in [2.24, 2.45) is 0 Å². The highest BCUT2D eigenvalue weighted by Crippen LogP contribution is 2.21. The molecule has 1 aromatic carbocycles. The van der Waals surface area contributed by atoms with Crippen molar-refractivity contribution in [2.45, 2.75) is 13.3 Å². The Balaban J connectivity index is 1.50. The molecule has 1 N–H and O–H groups in total. The van der Waals surface area contributed by atoms with Crippen LogP contribution in [0.15, 0.2) is 47.7 Å². The SMILES string of the molecule is Cc1cc(CC(=O)N2CCOCC2)cc2c(=O)[nH]c(-c3cc4cccn4cn3)nc12. The van der Waals surface area contributed by atoms with E-state index in [9.17, 15) is 9.59 Å².